The highest BCUT2D eigenvalue weighted by Crippen LogP contribution is 2.22. The molecule has 2 aliphatic heterocycles. The van der Waals surface area contributed by atoms with Gasteiger partial charge in [-0.1, -0.05) is 13.3 Å². The normalized spacial score (nSPS) is 24.0. The molecule has 0 aromatic heterocycles. The molecule has 2 fully saturated rings. The zero-order valence-corrected chi connectivity index (χ0v) is 14.9. The highest BCUT2D eigenvalue weighted by atomic mass is 32.2. The number of hydrogen-bond acceptors (Lipinski definition) is 5. The number of unbranched alkanes of at least 4 members (excludes halogenated alkanes) is 1. The van der Waals surface area contributed by atoms with Crippen molar-refractivity contribution in [1.29, 1.82) is 0 Å². The second-order valence-electron chi connectivity index (χ2n) is 6.32. The van der Waals surface area contributed by atoms with Crippen LogP contribution in [0.4, 0.5) is 0 Å². The van der Waals surface area contributed by atoms with E-state index in [2.05, 4.69) is 15.5 Å². The van der Waals surface area contributed by atoms with Crippen LogP contribution in [0.25, 0.3) is 0 Å². The summed E-state index contributed by atoms with van der Waals surface area (Å²) >= 11 is 0. The van der Waals surface area contributed by atoms with E-state index in [-0.39, 0.29) is 11.7 Å². The lowest BCUT2D eigenvalue weighted by molar-refractivity contribution is -0.124. The van der Waals surface area contributed by atoms with E-state index in [1.54, 1.807) is 0 Å². The van der Waals surface area contributed by atoms with Crippen molar-refractivity contribution in [3.8, 4) is 0 Å². The number of carbonyl (C=O) groups is 1. The van der Waals surface area contributed by atoms with Crippen LogP contribution in [0.1, 0.15) is 32.6 Å². The van der Waals surface area contributed by atoms with E-state index in [0.29, 0.717) is 25.9 Å². The Morgan fingerprint density at radius 1 is 1.26 bits per heavy atom. The Bertz CT molecular complexity index is 477. The molecule has 2 rings (SSSR count). The van der Waals surface area contributed by atoms with Crippen molar-refractivity contribution >= 4 is 15.9 Å². The van der Waals surface area contributed by atoms with Gasteiger partial charge >= 0.3 is 0 Å². The molecule has 1 amide bonds. The first-order valence-electron chi connectivity index (χ1n) is 8.75. The Morgan fingerprint density at radius 2 is 2.00 bits per heavy atom. The first-order valence-corrected chi connectivity index (χ1v) is 10.4. The summed E-state index contributed by atoms with van der Waals surface area (Å²) in [6.07, 6.45) is 2.89. The number of carbonyl (C=O) groups excluding carboxylic acids is 1. The Hall–Kier alpha value is -0.700. The van der Waals surface area contributed by atoms with Gasteiger partial charge in [0.2, 0.25) is 15.9 Å². The molecular formula is C15H30N4O3S. The van der Waals surface area contributed by atoms with Gasteiger partial charge in [-0.2, -0.15) is 4.31 Å². The second kappa shape index (κ2) is 8.96. The van der Waals surface area contributed by atoms with Gasteiger partial charge in [0.15, 0.2) is 0 Å². The maximum atomic E-state index is 12.4. The predicted molar refractivity (Wildman–Crippen MR) is 90.7 cm³/mol. The number of nitrogens with zero attached hydrogens (tertiary/aromatic N) is 2. The predicted octanol–water partition coefficient (Wildman–Crippen LogP) is -0.398. The van der Waals surface area contributed by atoms with Crippen molar-refractivity contribution in [2.45, 2.75) is 38.6 Å². The number of hydrogen-bond donors (Lipinski definition) is 2. The Labute approximate surface area is 139 Å². The molecule has 1 atom stereocenters. The van der Waals surface area contributed by atoms with Crippen LogP contribution in [0.5, 0.6) is 0 Å². The van der Waals surface area contributed by atoms with Gasteiger partial charge < -0.3 is 10.6 Å². The molecule has 0 saturated carbocycles. The van der Waals surface area contributed by atoms with Crippen molar-refractivity contribution in [2.24, 2.45) is 0 Å². The third-order valence-corrected chi connectivity index (χ3v) is 6.51. The number of sulfonamides is 1. The zero-order chi connectivity index (χ0) is 16.7. The molecule has 0 spiro atoms. The minimum Gasteiger partial charge on any atom is -0.353 e. The Kier molecular flexibility index (Phi) is 7.26. The molecule has 2 aliphatic rings. The fourth-order valence-electron chi connectivity index (χ4n) is 3.17. The fraction of sp³-hybridized carbons (Fsp3) is 0.933. The molecule has 2 N–H and O–H groups in total. The molecule has 2 saturated heterocycles. The van der Waals surface area contributed by atoms with E-state index in [9.17, 15) is 13.2 Å². The molecule has 0 bridgehead atoms. The smallest absolute Gasteiger partial charge is 0.238 e. The van der Waals surface area contributed by atoms with E-state index in [0.717, 1.165) is 45.6 Å². The summed E-state index contributed by atoms with van der Waals surface area (Å²) in [5, 5.41) is 6.22. The third-order valence-electron chi connectivity index (χ3n) is 4.56. The summed E-state index contributed by atoms with van der Waals surface area (Å²) in [7, 11) is -3.31. The van der Waals surface area contributed by atoms with E-state index in [1.165, 1.54) is 4.31 Å². The van der Waals surface area contributed by atoms with Crippen molar-refractivity contribution in [3.05, 3.63) is 0 Å². The molecule has 0 aromatic rings. The summed E-state index contributed by atoms with van der Waals surface area (Å²) in [6.45, 7) is 7.82. The van der Waals surface area contributed by atoms with Crippen LogP contribution < -0.4 is 10.6 Å². The lowest BCUT2D eigenvalue weighted by Crippen LogP contribution is -2.49. The highest BCUT2D eigenvalue weighted by molar-refractivity contribution is 7.89. The Balaban J connectivity index is 1.80. The second-order valence-corrected chi connectivity index (χ2v) is 8.36. The average molecular weight is 346 g/mol. The fourth-order valence-corrected chi connectivity index (χ4v) is 5.05. The van der Waals surface area contributed by atoms with E-state index < -0.39 is 16.1 Å². The lowest BCUT2D eigenvalue weighted by Gasteiger charge is -2.28. The summed E-state index contributed by atoms with van der Waals surface area (Å²) in [5.41, 5.74) is 0. The van der Waals surface area contributed by atoms with Crippen molar-refractivity contribution in [1.82, 2.24) is 19.8 Å². The minimum atomic E-state index is -3.31. The quantitative estimate of drug-likeness (QED) is 0.625. The van der Waals surface area contributed by atoms with Crippen LogP contribution in [0, 0.1) is 0 Å². The van der Waals surface area contributed by atoms with Crippen molar-refractivity contribution < 1.29 is 13.2 Å². The van der Waals surface area contributed by atoms with Gasteiger partial charge in [0, 0.05) is 45.8 Å². The van der Waals surface area contributed by atoms with Crippen LogP contribution >= 0.6 is 0 Å². The topological polar surface area (TPSA) is 81.8 Å². The SMILES string of the molecule is CCCCS(=O)(=O)N1CCCC1C(=O)NCCN1CCNCC1. The largest absolute Gasteiger partial charge is 0.353 e. The molecule has 0 aliphatic carbocycles. The molecule has 2 heterocycles. The molecule has 0 aromatic carbocycles. The van der Waals surface area contributed by atoms with E-state index in [1.807, 2.05) is 6.92 Å². The van der Waals surface area contributed by atoms with Gasteiger partial charge in [-0.25, -0.2) is 8.42 Å². The van der Waals surface area contributed by atoms with Crippen LogP contribution in [0.15, 0.2) is 0 Å². The van der Waals surface area contributed by atoms with E-state index in [4.69, 9.17) is 0 Å². The first-order chi connectivity index (χ1) is 11.0. The van der Waals surface area contributed by atoms with Gasteiger partial charge in [0.1, 0.15) is 6.04 Å². The summed E-state index contributed by atoms with van der Waals surface area (Å²) in [4.78, 5) is 14.7. The summed E-state index contributed by atoms with van der Waals surface area (Å²) in [6, 6.07) is -0.514. The van der Waals surface area contributed by atoms with Gasteiger partial charge in [-0.3, -0.25) is 9.69 Å². The van der Waals surface area contributed by atoms with Crippen LogP contribution in [0.2, 0.25) is 0 Å². The molecule has 23 heavy (non-hydrogen) atoms. The molecule has 134 valence electrons. The molecular weight excluding hydrogens is 316 g/mol. The van der Waals surface area contributed by atoms with E-state index >= 15 is 0 Å². The maximum Gasteiger partial charge on any atom is 0.238 e. The Morgan fingerprint density at radius 3 is 2.70 bits per heavy atom. The number of piperazine rings is 1. The standard InChI is InChI=1S/C15H30N4O3S/c1-2-3-13-23(21,22)19-9-4-5-14(19)15(20)17-8-12-18-10-6-16-7-11-18/h14,16H,2-13H2,1H3,(H,17,20). The van der Waals surface area contributed by atoms with Gasteiger partial charge in [0.25, 0.3) is 0 Å². The number of rotatable bonds is 8. The first kappa shape index (κ1) is 18.6. The lowest BCUT2D eigenvalue weighted by atomic mass is 10.2. The maximum absolute atomic E-state index is 12.4. The summed E-state index contributed by atoms with van der Waals surface area (Å²) < 4.78 is 26.1. The zero-order valence-electron chi connectivity index (χ0n) is 14.1. The third kappa shape index (κ3) is 5.41. The van der Waals surface area contributed by atoms with Gasteiger partial charge in [0.05, 0.1) is 5.75 Å². The molecule has 8 heteroatoms. The minimum absolute atomic E-state index is 0.141. The van der Waals surface area contributed by atoms with Crippen LogP contribution in [-0.4, -0.2) is 81.1 Å². The molecule has 1 unspecified atom stereocenters. The number of amides is 1. The molecule has 0 radical (unpaired) electrons. The highest BCUT2D eigenvalue weighted by Gasteiger charge is 2.37. The summed E-state index contributed by atoms with van der Waals surface area (Å²) in [5.74, 6) is 0.00587. The average Bonchev–Trinajstić information content (AvgIpc) is 3.04. The van der Waals surface area contributed by atoms with Crippen LogP contribution in [-0.2, 0) is 14.8 Å². The van der Waals surface area contributed by atoms with Crippen molar-refractivity contribution in [3.63, 3.8) is 0 Å². The van der Waals surface area contributed by atoms with Crippen LogP contribution in [0.3, 0.4) is 0 Å². The molecule has 7 nitrogen and oxygen atoms in total. The monoisotopic (exact) mass is 346 g/mol. The number of nitrogens with one attached hydrogen (secondary N) is 2. The van der Waals surface area contributed by atoms with Gasteiger partial charge in [-0.05, 0) is 19.3 Å². The van der Waals surface area contributed by atoms with Crippen molar-refractivity contribution in [2.75, 3.05) is 51.6 Å². The van der Waals surface area contributed by atoms with Gasteiger partial charge in [-0.15, -0.1) is 0 Å².